The van der Waals surface area contributed by atoms with E-state index in [0.29, 0.717) is 31.2 Å². The standard InChI is InChI=1S/C20H28N4O4S/c1-4-27-19(25)15-6-5-11-23(12-15)14-24-20(29)22(2)18(21-24)13-28-17-9-7-16(26-3)8-10-17/h7-10,15H,4-6,11-14H2,1-3H3/t15-/m1/s1. The quantitative estimate of drug-likeness (QED) is 0.480. The van der Waals surface area contributed by atoms with Gasteiger partial charge in [0.1, 0.15) is 18.1 Å². The molecule has 0 aliphatic carbocycles. The molecule has 1 atom stereocenters. The van der Waals surface area contributed by atoms with E-state index in [0.717, 1.165) is 36.7 Å². The second kappa shape index (κ2) is 9.89. The molecule has 1 aliphatic rings. The summed E-state index contributed by atoms with van der Waals surface area (Å²) >= 11 is 5.54. The smallest absolute Gasteiger partial charge is 0.310 e. The minimum atomic E-state index is -0.115. The lowest BCUT2D eigenvalue weighted by Gasteiger charge is -2.31. The van der Waals surface area contributed by atoms with Crippen LogP contribution in [0, 0.1) is 10.7 Å². The Morgan fingerprint density at radius 2 is 2.00 bits per heavy atom. The third kappa shape index (κ3) is 5.36. The molecule has 0 saturated carbocycles. The van der Waals surface area contributed by atoms with Gasteiger partial charge in [-0.15, -0.1) is 0 Å². The molecule has 9 heteroatoms. The fraction of sp³-hybridized carbons (Fsp3) is 0.550. The van der Waals surface area contributed by atoms with Crippen molar-refractivity contribution in [2.75, 3.05) is 26.8 Å². The lowest BCUT2D eigenvalue weighted by atomic mass is 9.99. The number of ether oxygens (including phenoxy) is 3. The molecular formula is C20H28N4O4S. The lowest BCUT2D eigenvalue weighted by molar-refractivity contribution is -0.150. The predicted molar refractivity (Wildman–Crippen MR) is 110 cm³/mol. The first-order valence-corrected chi connectivity index (χ1v) is 10.2. The molecule has 3 rings (SSSR count). The van der Waals surface area contributed by atoms with E-state index >= 15 is 0 Å². The van der Waals surface area contributed by atoms with Gasteiger partial charge in [-0.3, -0.25) is 9.69 Å². The van der Waals surface area contributed by atoms with Gasteiger partial charge in [-0.2, -0.15) is 5.10 Å². The topological polar surface area (TPSA) is 70.8 Å². The van der Waals surface area contributed by atoms with Gasteiger partial charge in [-0.05, 0) is 62.8 Å². The highest BCUT2D eigenvalue weighted by Crippen LogP contribution is 2.20. The highest BCUT2D eigenvalue weighted by Gasteiger charge is 2.27. The van der Waals surface area contributed by atoms with Gasteiger partial charge < -0.3 is 18.8 Å². The number of nitrogens with zero attached hydrogens (tertiary/aromatic N) is 4. The first-order chi connectivity index (χ1) is 14.0. The molecule has 2 heterocycles. The van der Waals surface area contributed by atoms with Crippen molar-refractivity contribution in [2.24, 2.45) is 13.0 Å². The Morgan fingerprint density at radius 1 is 1.28 bits per heavy atom. The third-order valence-electron chi connectivity index (χ3n) is 5.02. The molecule has 0 amide bonds. The maximum atomic E-state index is 12.1. The molecule has 0 bridgehead atoms. The number of carbonyl (C=O) groups excluding carboxylic acids is 1. The lowest BCUT2D eigenvalue weighted by Crippen LogP contribution is -2.40. The first-order valence-electron chi connectivity index (χ1n) is 9.80. The van der Waals surface area contributed by atoms with Gasteiger partial charge in [0.2, 0.25) is 0 Å². The van der Waals surface area contributed by atoms with E-state index in [-0.39, 0.29) is 11.9 Å². The molecule has 0 radical (unpaired) electrons. The van der Waals surface area contributed by atoms with E-state index in [2.05, 4.69) is 10.00 Å². The van der Waals surface area contributed by atoms with Crippen LogP contribution in [0.4, 0.5) is 0 Å². The number of esters is 1. The van der Waals surface area contributed by atoms with Crippen molar-refractivity contribution in [1.82, 2.24) is 19.2 Å². The second-order valence-electron chi connectivity index (χ2n) is 7.03. The molecule has 8 nitrogen and oxygen atoms in total. The molecule has 0 N–H and O–H groups in total. The number of piperidine rings is 1. The predicted octanol–water partition coefficient (Wildman–Crippen LogP) is 2.77. The van der Waals surface area contributed by atoms with Crippen LogP contribution in [-0.2, 0) is 29.9 Å². The summed E-state index contributed by atoms with van der Waals surface area (Å²) in [5, 5.41) is 4.63. The van der Waals surface area contributed by atoms with Crippen LogP contribution in [0.5, 0.6) is 11.5 Å². The summed E-state index contributed by atoms with van der Waals surface area (Å²) < 4.78 is 20.4. The Kier molecular flexibility index (Phi) is 7.27. The van der Waals surface area contributed by atoms with Crippen LogP contribution >= 0.6 is 12.2 Å². The van der Waals surface area contributed by atoms with Crippen LogP contribution < -0.4 is 9.47 Å². The van der Waals surface area contributed by atoms with Crippen LogP contribution in [0.3, 0.4) is 0 Å². The highest BCUT2D eigenvalue weighted by molar-refractivity contribution is 7.71. The fourth-order valence-corrected chi connectivity index (χ4v) is 3.60. The molecule has 2 aromatic rings. The average Bonchev–Trinajstić information content (AvgIpc) is 3.01. The summed E-state index contributed by atoms with van der Waals surface area (Å²) in [6.07, 6.45) is 1.82. The van der Waals surface area contributed by atoms with Crippen molar-refractivity contribution in [2.45, 2.75) is 33.0 Å². The van der Waals surface area contributed by atoms with Gasteiger partial charge in [0.25, 0.3) is 0 Å². The van der Waals surface area contributed by atoms with Gasteiger partial charge >= 0.3 is 5.97 Å². The van der Waals surface area contributed by atoms with Gasteiger partial charge in [0, 0.05) is 13.6 Å². The largest absolute Gasteiger partial charge is 0.497 e. The molecule has 0 spiro atoms. The van der Waals surface area contributed by atoms with E-state index in [9.17, 15) is 4.79 Å². The molecule has 1 fully saturated rings. The molecular weight excluding hydrogens is 392 g/mol. The molecule has 1 aliphatic heterocycles. The SMILES string of the molecule is CCOC(=O)[C@@H]1CCCN(Cn2nc(COc3ccc(OC)cc3)n(C)c2=S)C1. The Labute approximate surface area is 176 Å². The number of methoxy groups -OCH3 is 1. The molecule has 1 aromatic carbocycles. The summed E-state index contributed by atoms with van der Waals surface area (Å²) in [7, 11) is 3.51. The number of benzene rings is 1. The summed E-state index contributed by atoms with van der Waals surface area (Å²) in [5.74, 6) is 2.06. The Hall–Kier alpha value is -2.39. The minimum Gasteiger partial charge on any atom is -0.497 e. The first kappa shape index (κ1) is 21.3. The molecule has 158 valence electrons. The van der Waals surface area contributed by atoms with Crippen LogP contribution in [0.15, 0.2) is 24.3 Å². The summed E-state index contributed by atoms with van der Waals surface area (Å²) in [5.41, 5.74) is 0. The Morgan fingerprint density at radius 3 is 2.69 bits per heavy atom. The van der Waals surface area contributed by atoms with Crippen molar-refractivity contribution in [3.8, 4) is 11.5 Å². The van der Waals surface area contributed by atoms with Crippen molar-refractivity contribution in [3.05, 3.63) is 34.9 Å². The van der Waals surface area contributed by atoms with Gasteiger partial charge in [0.15, 0.2) is 10.6 Å². The van der Waals surface area contributed by atoms with Crippen molar-refractivity contribution >= 4 is 18.2 Å². The average molecular weight is 421 g/mol. The number of hydrogen-bond acceptors (Lipinski definition) is 7. The number of aromatic nitrogens is 3. The summed E-state index contributed by atoms with van der Waals surface area (Å²) in [6.45, 7) is 4.68. The van der Waals surface area contributed by atoms with E-state index < -0.39 is 0 Å². The fourth-order valence-electron chi connectivity index (χ4n) is 3.40. The van der Waals surface area contributed by atoms with E-state index in [1.165, 1.54) is 0 Å². The van der Waals surface area contributed by atoms with Crippen LogP contribution in [0.1, 0.15) is 25.6 Å². The molecule has 1 aromatic heterocycles. The van der Waals surface area contributed by atoms with E-state index in [1.807, 2.05) is 42.8 Å². The van der Waals surface area contributed by atoms with Crippen LogP contribution in [0.25, 0.3) is 0 Å². The summed E-state index contributed by atoms with van der Waals surface area (Å²) in [6, 6.07) is 7.41. The second-order valence-corrected chi connectivity index (χ2v) is 7.40. The van der Waals surface area contributed by atoms with Crippen LogP contribution in [-0.4, -0.2) is 52.0 Å². The zero-order valence-electron chi connectivity index (χ0n) is 17.2. The van der Waals surface area contributed by atoms with E-state index in [1.54, 1.807) is 11.8 Å². The van der Waals surface area contributed by atoms with Gasteiger partial charge in [0.05, 0.1) is 26.3 Å². The number of carbonyl (C=O) groups is 1. The van der Waals surface area contributed by atoms with Crippen LogP contribution in [0.2, 0.25) is 0 Å². The summed E-state index contributed by atoms with van der Waals surface area (Å²) in [4.78, 5) is 14.3. The zero-order valence-corrected chi connectivity index (χ0v) is 18.0. The van der Waals surface area contributed by atoms with Crippen molar-refractivity contribution < 1.29 is 19.0 Å². The number of hydrogen-bond donors (Lipinski definition) is 0. The maximum Gasteiger partial charge on any atom is 0.310 e. The Balaban J connectivity index is 1.62. The van der Waals surface area contributed by atoms with Gasteiger partial charge in [-0.1, -0.05) is 0 Å². The molecule has 0 unspecified atom stereocenters. The maximum absolute atomic E-state index is 12.1. The third-order valence-corrected chi connectivity index (χ3v) is 5.50. The van der Waals surface area contributed by atoms with E-state index in [4.69, 9.17) is 26.4 Å². The Bertz CT molecular complexity index is 878. The number of rotatable bonds is 8. The normalized spacial score (nSPS) is 17.1. The van der Waals surface area contributed by atoms with Crippen molar-refractivity contribution in [1.29, 1.82) is 0 Å². The number of likely N-dealkylation sites (tertiary alicyclic amines) is 1. The molecule has 1 saturated heterocycles. The van der Waals surface area contributed by atoms with Crippen molar-refractivity contribution in [3.63, 3.8) is 0 Å². The highest BCUT2D eigenvalue weighted by atomic mass is 32.1. The monoisotopic (exact) mass is 420 g/mol. The zero-order chi connectivity index (χ0) is 20.8. The minimum absolute atomic E-state index is 0.0838. The van der Waals surface area contributed by atoms with Gasteiger partial charge in [-0.25, -0.2) is 4.68 Å². The molecule has 29 heavy (non-hydrogen) atoms.